The second-order valence-corrected chi connectivity index (χ2v) is 7.58. The van der Waals surface area contributed by atoms with Crippen LogP contribution in [-0.2, 0) is 16.6 Å². The van der Waals surface area contributed by atoms with Gasteiger partial charge in [-0.2, -0.15) is 0 Å². The fourth-order valence-corrected chi connectivity index (χ4v) is 4.19. The van der Waals surface area contributed by atoms with Crippen LogP contribution in [0.2, 0.25) is 0 Å². The topological polar surface area (TPSA) is 130 Å². The number of carbonyl (C=O) groups excluding carboxylic acids is 4. The highest BCUT2D eigenvalue weighted by Gasteiger charge is 2.47. The SMILES string of the molecule is C=CCNC(=O)NC1CCN(C(=O)c2cccn2C)C1C(=O)N1CCCC1C(N)=O. The molecule has 2 aliphatic heterocycles. The smallest absolute Gasteiger partial charge is 0.315 e. The van der Waals surface area contributed by atoms with E-state index in [0.29, 0.717) is 38.0 Å². The van der Waals surface area contributed by atoms with Crippen LogP contribution in [0.4, 0.5) is 4.79 Å². The second-order valence-electron chi connectivity index (χ2n) is 7.58. The average Bonchev–Trinajstić information content (AvgIpc) is 3.44. The number of urea groups is 1. The molecule has 30 heavy (non-hydrogen) atoms. The lowest BCUT2D eigenvalue weighted by Crippen LogP contribution is -2.58. The predicted octanol–water partition coefficient (Wildman–Crippen LogP) is -0.430. The standard InChI is InChI=1S/C20H28N6O4/c1-3-9-22-20(30)23-13-8-12-26(18(28)15-7-4-10-24(15)2)16(13)19(29)25-11-5-6-14(25)17(21)27/h3-4,7,10,13-14,16H,1,5-6,8-9,11-12H2,2H3,(H2,21,27)(H2,22,23,30). The molecule has 3 atom stereocenters. The van der Waals surface area contributed by atoms with Crippen molar-refractivity contribution in [2.45, 2.75) is 37.4 Å². The third-order valence-corrected chi connectivity index (χ3v) is 5.66. The maximum Gasteiger partial charge on any atom is 0.315 e. The minimum absolute atomic E-state index is 0.277. The van der Waals surface area contributed by atoms with Gasteiger partial charge in [0.2, 0.25) is 11.8 Å². The van der Waals surface area contributed by atoms with Gasteiger partial charge in [0.25, 0.3) is 5.91 Å². The van der Waals surface area contributed by atoms with E-state index in [4.69, 9.17) is 5.73 Å². The van der Waals surface area contributed by atoms with Gasteiger partial charge in [0.1, 0.15) is 17.8 Å². The Morgan fingerprint density at radius 1 is 1.23 bits per heavy atom. The molecule has 0 spiro atoms. The zero-order valence-corrected chi connectivity index (χ0v) is 17.0. The number of hydrogen-bond donors (Lipinski definition) is 3. The van der Waals surface area contributed by atoms with Gasteiger partial charge < -0.3 is 30.7 Å². The molecular formula is C20H28N6O4. The molecule has 1 aromatic rings. The van der Waals surface area contributed by atoms with Crippen LogP contribution in [0.25, 0.3) is 0 Å². The Morgan fingerprint density at radius 2 is 2.00 bits per heavy atom. The Kier molecular flexibility index (Phi) is 6.43. The first-order chi connectivity index (χ1) is 14.3. The van der Waals surface area contributed by atoms with Gasteiger partial charge in [0, 0.05) is 32.9 Å². The Morgan fingerprint density at radius 3 is 2.63 bits per heavy atom. The van der Waals surface area contributed by atoms with Gasteiger partial charge in [-0.3, -0.25) is 14.4 Å². The minimum Gasteiger partial charge on any atom is -0.368 e. The molecule has 4 N–H and O–H groups in total. The zero-order chi connectivity index (χ0) is 21.8. The largest absolute Gasteiger partial charge is 0.368 e. The summed E-state index contributed by atoms with van der Waals surface area (Å²) in [6, 6.07) is 0.799. The molecule has 3 unspecified atom stereocenters. The van der Waals surface area contributed by atoms with Gasteiger partial charge in [-0.25, -0.2) is 4.79 Å². The number of nitrogens with zero attached hydrogens (tertiary/aromatic N) is 3. The monoisotopic (exact) mass is 416 g/mol. The molecule has 3 rings (SSSR count). The van der Waals surface area contributed by atoms with Crippen molar-refractivity contribution in [3.8, 4) is 0 Å². The summed E-state index contributed by atoms with van der Waals surface area (Å²) in [5.74, 6) is -1.23. The Hall–Kier alpha value is -3.30. The van der Waals surface area contributed by atoms with Crippen molar-refractivity contribution in [2.75, 3.05) is 19.6 Å². The van der Waals surface area contributed by atoms with E-state index in [0.717, 1.165) is 0 Å². The van der Waals surface area contributed by atoms with Gasteiger partial charge in [-0.15, -0.1) is 6.58 Å². The van der Waals surface area contributed by atoms with Crippen LogP contribution in [0, 0.1) is 0 Å². The molecule has 0 saturated carbocycles. The first kappa shape index (κ1) is 21.4. The van der Waals surface area contributed by atoms with E-state index < -0.39 is 30.1 Å². The Balaban J connectivity index is 1.87. The first-order valence-electron chi connectivity index (χ1n) is 10.0. The molecule has 162 valence electrons. The highest BCUT2D eigenvalue weighted by Crippen LogP contribution is 2.26. The van der Waals surface area contributed by atoms with Crippen LogP contribution in [0.15, 0.2) is 31.0 Å². The van der Waals surface area contributed by atoms with Gasteiger partial charge in [0.05, 0.1) is 6.04 Å². The maximum atomic E-state index is 13.5. The summed E-state index contributed by atoms with van der Waals surface area (Å²) in [7, 11) is 1.75. The predicted molar refractivity (Wildman–Crippen MR) is 109 cm³/mol. The lowest BCUT2D eigenvalue weighted by Gasteiger charge is -2.33. The summed E-state index contributed by atoms with van der Waals surface area (Å²) >= 11 is 0. The van der Waals surface area contributed by atoms with Crippen molar-refractivity contribution in [1.29, 1.82) is 0 Å². The van der Waals surface area contributed by atoms with E-state index in [2.05, 4.69) is 17.2 Å². The molecule has 2 saturated heterocycles. The third kappa shape index (κ3) is 4.17. The molecule has 0 radical (unpaired) electrons. The second kappa shape index (κ2) is 9.02. The van der Waals surface area contributed by atoms with Crippen molar-refractivity contribution in [3.05, 3.63) is 36.7 Å². The summed E-state index contributed by atoms with van der Waals surface area (Å²) in [5, 5.41) is 5.42. The summed E-state index contributed by atoms with van der Waals surface area (Å²) < 4.78 is 1.68. The van der Waals surface area contributed by atoms with Gasteiger partial charge in [0.15, 0.2) is 0 Å². The number of nitrogens with two attached hydrogens (primary N) is 1. The van der Waals surface area contributed by atoms with Crippen LogP contribution in [0.3, 0.4) is 0 Å². The van der Waals surface area contributed by atoms with Crippen LogP contribution >= 0.6 is 0 Å². The van der Waals surface area contributed by atoms with Crippen LogP contribution < -0.4 is 16.4 Å². The number of aryl methyl sites for hydroxylation is 1. The molecule has 0 bridgehead atoms. The lowest BCUT2D eigenvalue weighted by atomic mass is 10.1. The molecule has 10 heteroatoms. The van der Waals surface area contributed by atoms with Crippen LogP contribution in [0.5, 0.6) is 0 Å². The third-order valence-electron chi connectivity index (χ3n) is 5.66. The lowest BCUT2D eigenvalue weighted by molar-refractivity contribution is -0.140. The maximum absolute atomic E-state index is 13.5. The molecule has 0 aromatic carbocycles. The molecule has 10 nitrogen and oxygen atoms in total. The van der Waals surface area contributed by atoms with Crippen molar-refractivity contribution >= 4 is 23.8 Å². The number of likely N-dealkylation sites (tertiary alicyclic amines) is 2. The van der Waals surface area contributed by atoms with Gasteiger partial charge in [-0.1, -0.05) is 6.08 Å². The first-order valence-corrected chi connectivity index (χ1v) is 10.0. The average molecular weight is 416 g/mol. The fourth-order valence-electron chi connectivity index (χ4n) is 4.19. The van der Waals surface area contributed by atoms with E-state index in [9.17, 15) is 19.2 Å². The summed E-state index contributed by atoms with van der Waals surface area (Å²) in [4.78, 5) is 53.6. The molecule has 2 fully saturated rings. The molecule has 5 amide bonds. The molecule has 2 aliphatic rings. The van der Waals surface area contributed by atoms with E-state index in [1.165, 1.54) is 9.80 Å². The molecule has 3 heterocycles. The highest BCUT2D eigenvalue weighted by molar-refractivity contribution is 5.98. The highest BCUT2D eigenvalue weighted by atomic mass is 16.2. The van der Waals surface area contributed by atoms with Crippen molar-refractivity contribution in [3.63, 3.8) is 0 Å². The molecule has 1 aromatic heterocycles. The number of primary amides is 1. The number of aromatic nitrogens is 1. The number of rotatable bonds is 6. The van der Waals surface area contributed by atoms with E-state index in [-0.39, 0.29) is 18.4 Å². The number of amides is 5. The summed E-state index contributed by atoms with van der Waals surface area (Å²) in [5.41, 5.74) is 5.92. The quantitative estimate of drug-likeness (QED) is 0.543. The van der Waals surface area contributed by atoms with Crippen molar-refractivity contribution in [2.24, 2.45) is 12.8 Å². The normalized spacial score (nSPS) is 23.3. The number of hydrogen-bond acceptors (Lipinski definition) is 4. The van der Waals surface area contributed by atoms with Gasteiger partial charge >= 0.3 is 6.03 Å². The van der Waals surface area contributed by atoms with Crippen LogP contribution in [0.1, 0.15) is 29.8 Å². The summed E-state index contributed by atoms with van der Waals surface area (Å²) in [6.07, 6.45) is 4.88. The van der Waals surface area contributed by atoms with E-state index >= 15 is 0 Å². The fraction of sp³-hybridized carbons (Fsp3) is 0.500. The van der Waals surface area contributed by atoms with E-state index in [1.54, 1.807) is 36.0 Å². The molecular weight excluding hydrogens is 388 g/mol. The number of carbonyl (C=O) groups is 4. The van der Waals surface area contributed by atoms with Gasteiger partial charge in [-0.05, 0) is 31.4 Å². The minimum atomic E-state index is -0.915. The zero-order valence-electron chi connectivity index (χ0n) is 17.0. The molecule has 0 aliphatic carbocycles. The summed E-state index contributed by atoms with van der Waals surface area (Å²) in [6.45, 7) is 4.53. The Bertz CT molecular complexity index is 850. The van der Waals surface area contributed by atoms with E-state index in [1.807, 2.05) is 0 Å². The Labute approximate surface area is 175 Å². The van der Waals surface area contributed by atoms with Crippen molar-refractivity contribution < 1.29 is 19.2 Å². The number of nitrogens with one attached hydrogen (secondary N) is 2. The van der Waals surface area contributed by atoms with Crippen molar-refractivity contribution in [1.82, 2.24) is 25.0 Å². The van der Waals surface area contributed by atoms with Crippen LogP contribution in [-0.4, -0.2) is 75.9 Å².